The fourth-order valence-electron chi connectivity index (χ4n) is 2.58. The minimum Gasteiger partial charge on any atom is -0.396 e. The summed E-state index contributed by atoms with van der Waals surface area (Å²) in [5.74, 6) is -0.0317. The number of rotatable bonds is 5. The molecule has 0 aromatic carbocycles. The third kappa shape index (κ3) is 3.86. The summed E-state index contributed by atoms with van der Waals surface area (Å²) >= 11 is 3.20. The van der Waals surface area contributed by atoms with Gasteiger partial charge in [-0.25, -0.2) is 0 Å². The summed E-state index contributed by atoms with van der Waals surface area (Å²) in [7, 11) is 0. The largest absolute Gasteiger partial charge is 0.396 e. The quantitative estimate of drug-likeness (QED) is 0.812. The van der Waals surface area contributed by atoms with E-state index in [9.17, 15) is 4.79 Å². The number of nitrogens with two attached hydrogens (primary N) is 1. The summed E-state index contributed by atoms with van der Waals surface area (Å²) in [5.41, 5.74) is 6.89. The number of thioether (sulfide) groups is 1. The van der Waals surface area contributed by atoms with Crippen LogP contribution in [0.5, 0.6) is 0 Å². The molecule has 1 aliphatic rings. The number of carbonyl (C=O) groups is 1. The van der Waals surface area contributed by atoms with Crippen LogP contribution in [0, 0.1) is 0 Å². The molecule has 1 aromatic heterocycles. The van der Waals surface area contributed by atoms with E-state index in [1.807, 2.05) is 13.2 Å². The average molecular weight is 328 g/mol. The minimum atomic E-state index is -0.0317. The second kappa shape index (κ2) is 7.94. The molecule has 0 unspecified atom stereocenters. The first-order valence-electron chi connectivity index (χ1n) is 7.68. The highest BCUT2D eigenvalue weighted by molar-refractivity contribution is 7.99. The van der Waals surface area contributed by atoms with Crippen LogP contribution in [0.4, 0.5) is 10.7 Å². The molecular formula is C15H25N3OS2. The van der Waals surface area contributed by atoms with Crippen LogP contribution in [-0.4, -0.2) is 31.8 Å². The lowest BCUT2D eigenvalue weighted by Gasteiger charge is -2.21. The van der Waals surface area contributed by atoms with Crippen molar-refractivity contribution in [3.05, 3.63) is 4.88 Å². The molecule has 0 saturated carbocycles. The van der Waals surface area contributed by atoms with Crippen molar-refractivity contribution in [2.45, 2.75) is 43.9 Å². The van der Waals surface area contributed by atoms with Crippen molar-refractivity contribution >= 4 is 39.7 Å². The highest BCUT2D eigenvalue weighted by Gasteiger charge is 2.24. The zero-order chi connectivity index (χ0) is 15.2. The second-order valence-electron chi connectivity index (χ2n) is 5.34. The van der Waals surface area contributed by atoms with Gasteiger partial charge in [0.1, 0.15) is 9.88 Å². The second-order valence-corrected chi connectivity index (χ2v) is 7.16. The van der Waals surface area contributed by atoms with E-state index in [1.165, 1.54) is 30.7 Å². The van der Waals surface area contributed by atoms with Crippen molar-refractivity contribution in [2.24, 2.45) is 0 Å². The number of hydrogen-bond acceptors (Lipinski definition) is 5. The number of nitrogen functional groups attached to an aromatic ring is 1. The molecule has 2 heterocycles. The van der Waals surface area contributed by atoms with Crippen molar-refractivity contribution < 1.29 is 4.79 Å². The van der Waals surface area contributed by atoms with Gasteiger partial charge in [0.15, 0.2) is 0 Å². The van der Waals surface area contributed by atoms with Gasteiger partial charge >= 0.3 is 0 Å². The van der Waals surface area contributed by atoms with Crippen LogP contribution in [-0.2, 0) is 0 Å². The molecule has 0 aliphatic carbocycles. The summed E-state index contributed by atoms with van der Waals surface area (Å²) in [6.45, 7) is 4.89. The van der Waals surface area contributed by atoms with Gasteiger partial charge in [-0.05, 0) is 25.5 Å². The maximum atomic E-state index is 12.2. The molecule has 4 nitrogen and oxygen atoms in total. The summed E-state index contributed by atoms with van der Waals surface area (Å²) in [4.78, 5) is 16.4. The summed E-state index contributed by atoms with van der Waals surface area (Å²) in [5, 5.41) is 4.12. The molecule has 0 bridgehead atoms. The Bertz CT molecular complexity index is 480. The van der Waals surface area contributed by atoms with Crippen LogP contribution in [0.2, 0.25) is 0 Å². The topological polar surface area (TPSA) is 58.4 Å². The van der Waals surface area contributed by atoms with Crippen LogP contribution in [0.25, 0.3) is 0 Å². The Hall–Kier alpha value is -0.880. The van der Waals surface area contributed by atoms with Crippen LogP contribution in [0.3, 0.4) is 0 Å². The Labute approximate surface area is 135 Å². The Morgan fingerprint density at radius 1 is 1.33 bits per heavy atom. The van der Waals surface area contributed by atoms with E-state index >= 15 is 0 Å². The third-order valence-corrected chi connectivity index (χ3v) is 5.94. The van der Waals surface area contributed by atoms with Crippen LogP contribution in [0.15, 0.2) is 4.90 Å². The molecule has 21 heavy (non-hydrogen) atoms. The van der Waals surface area contributed by atoms with E-state index in [1.54, 1.807) is 23.1 Å². The van der Waals surface area contributed by atoms with Gasteiger partial charge in [0.25, 0.3) is 5.91 Å². The molecule has 1 fully saturated rings. The summed E-state index contributed by atoms with van der Waals surface area (Å²) in [6, 6.07) is 0. The van der Waals surface area contributed by atoms with E-state index in [0.29, 0.717) is 17.1 Å². The first-order valence-corrected chi connectivity index (χ1v) is 9.72. The van der Waals surface area contributed by atoms with Gasteiger partial charge in [-0.3, -0.25) is 4.79 Å². The van der Waals surface area contributed by atoms with E-state index in [0.717, 1.165) is 24.4 Å². The van der Waals surface area contributed by atoms with Crippen LogP contribution in [0.1, 0.15) is 48.7 Å². The van der Waals surface area contributed by atoms with Gasteiger partial charge in [0.2, 0.25) is 0 Å². The number of anilines is 2. The van der Waals surface area contributed by atoms with E-state index in [2.05, 4.69) is 10.2 Å². The predicted octanol–water partition coefficient (Wildman–Crippen LogP) is 3.57. The maximum absolute atomic E-state index is 12.2. The molecule has 0 spiro atoms. The third-order valence-electron chi connectivity index (χ3n) is 3.72. The van der Waals surface area contributed by atoms with E-state index < -0.39 is 0 Å². The molecule has 3 N–H and O–H groups in total. The predicted molar refractivity (Wildman–Crippen MR) is 93.8 cm³/mol. The zero-order valence-electron chi connectivity index (χ0n) is 12.9. The SMILES string of the molecule is CCCNC(=O)c1sc(N2CCCCCC2)c(SC)c1N. The summed E-state index contributed by atoms with van der Waals surface area (Å²) in [6.07, 6.45) is 8.02. The Morgan fingerprint density at radius 3 is 2.57 bits per heavy atom. The molecule has 6 heteroatoms. The summed E-state index contributed by atoms with van der Waals surface area (Å²) < 4.78 is 0. The van der Waals surface area contributed by atoms with Gasteiger partial charge in [-0.2, -0.15) is 0 Å². The number of nitrogens with zero attached hydrogens (tertiary/aromatic N) is 1. The first kappa shape index (κ1) is 16.5. The van der Waals surface area contributed by atoms with Gasteiger partial charge < -0.3 is 16.0 Å². The van der Waals surface area contributed by atoms with Crippen molar-refractivity contribution in [3.8, 4) is 0 Å². The first-order chi connectivity index (χ1) is 10.2. The molecule has 118 valence electrons. The number of amides is 1. The number of hydrogen-bond donors (Lipinski definition) is 2. The molecular weight excluding hydrogens is 302 g/mol. The highest BCUT2D eigenvalue weighted by Crippen LogP contribution is 2.44. The molecule has 0 radical (unpaired) electrons. The Balaban J connectivity index is 2.26. The average Bonchev–Trinajstić information content (AvgIpc) is 2.68. The molecule has 1 amide bonds. The molecule has 2 rings (SSSR count). The smallest absolute Gasteiger partial charge is 0.263 e. The van der Waals surface area contributed by atoms with Gasteiger partial charge in [0, 0.05) is 19.6 Å². The molecule has 1 saturated heterocycles. The lowest BCUT2D eigenvalue weighted by molar-refractivity contribution is 0.0958. The normalized spacial score (nSPS) is 15.8. The van der Waals surface area contributed by atoms with Gasteiger partial charge in [0.05, 0.1) is 10.6 Å². The van der Waals surface area contributed by atoms with Crippen molar-refractivity contribution in [1.82, 2.24) is 5.32 Å². The fraction of sp³-hybridized carbons (Fsp3) is 0.667. The molecule has 1 aliphatic heterocycles. The Kier molecular flexibility index (Phi) is 6.23. The molecule has 0 atom stereocenters. The van der Waals surface area contributed by atoms with Crippen LogP contribution >= 0.6 is 23.1 Å². The van der Waals surface area contributed by atoms with E-state index in [4.69, 9.17) is 5.73 Å². The lowest BCUT2D eigenvalue weighted by Crippen LogP contribution is -2.24. The van der Waals surface area contributed by atoms with Gasteiger partial charge in [-0.1, -0.05) is 19.8 Å². The number of nitrogens with one attached hydrogen (secondary N) is 1. The van der Waals surface area contributed by atoms with E-state index in [-0.39, 0.29) is 5.91 Å². The standard InChI is InChI=1S/C15H25N3OS2/c1-3-8-17-14(19)12-11(16)13(20-2)15(21-12)18-9-6-4-5-7-10-18/h3-10,16H2,1-2H3,(H,17,19). The van der Waals surface area contributed by atoms with Crippen LogP contribution < -0.4 is 16.0 Å². The lowest BCUT2D eigenvalue weighted by atomic mass is 10.2. The van der Waals surface area contributed by atoms with Crippen molar-refractivity contribution in [3.63, 3.8) is 0 Å². The number of thiophene rings is 1. The van der Waals surface area contributed by atoms with Gasteiger partial charge in [-0.15, -0.1) is 23.1 Å². The number of carbonyl (C=O) groups excluding carboxylic acids is 1. The fourth-order valence-corrected chi connectivity index (χ4v) is 4.73. The minimum absolute atomic E-state index is 0.0317. The zero-order valence-corrected chi connectivity index (χ0v) is 14.5. The highest BCUT2D eigenvalue weighted by atomic mass is 32.2. The maximum Gasteiger partial charge on any atom is 0.263 e. The molecule has 1 aromatic rings. The monoisotopic (exact) mass is 327 g/mol. The Morgan fingerprint density at radius 2 is 2.00 bits per heavy atom. The van der Waals surface area contributed by atoms with Crippen molar-refractivity contribution in [2.75, 3.05) is 36.5 Å². The van der Waals surface area contributed by atoms with Crippen molar-refractivity contribution in [1.29, 1.82) is 0 Å².